The van der Waals surface area contributed by atoms with E-state index in [0.717, 1.165) is 36.5 Å². The highest BCUT2D eigenvalue weighted by molar-refractivity contribution is 6.32. The Bertz CT molecular complexity index is 534. The van der Waals surface area contributed by atoms with Crippen LogP contribution in [0.4, 0.5) is 10.1 Å². The molecule has 0 spiro atoms. The van der Waals surface area contributed by atoms with Crippen LogP contribution in [0.5, 0.6) is 0 Å². The van der Waals surface area contributed by atoms with Crippen LogP contribution in [0, 0.1) is 5.92 Å². The molecule has 1 aliphatic heterocycles. The van der Waals surface area contributed by atoms with Crippen LogP contribution in [0.15, 0.2) is 23.8 Å². The maximum Gasteiger partial charge on any atom is 0.103 e. The summed E-state index contributed by atoms with van der Waals surface area (Å²) in [4.78, 5) is 2.39. The van der Waals surface area contributed by atoms with Gasteiger partial charge in [-0.3, -0.25) is 0 Å². The van der Waals surface area contributed by atoms with Crippen LogP contribution in [0.25, 0.3) is 6.08 Å². The normalized spacial score (nSPS) is 28.3. The van der Waals surface area contributed by atoms with Crippen molar-refractivity contribution in [3.05, 3.63) is 34.4 Å². The van der Waals surface area contributed by atoms with Crippen molar-refractivity contribution in [3.63, 3.8) is 0 Å². The molecule has 1 saturated carbocycles. The lowest BCUT2D eigenvalue weighted by Crippen LogP contribution is -2.18. The molecular formula is C18H23ClFN. The largest absolute Gasteiger partial charge is 0.371 e. The number of benzene rings is 1. The van der Waals surface area contributed by atoms with Crippen molar-refractivity contribution in [1.82, 2.24) is 0 Å². The maximum absolute atomic E-state index is 13.5. The Balaban J connectivity index is 1.76. The summed E-state index contributed by atoms with van der Waals surface area (Å²) in [5.41, 5.74) is 3.62. The highest BCUT2D eigenvalue weighted by atomic mass is 35.5. The van der Waals surface area contributed by atoms with Gasteiger partial charge in [0.05, 0.1) is 0 Å². The molecule has 1 nitrogen and oxygen atoms in total. The predicted octanol–water partition coefficient (Wildman–Crippen LogP) is 5.48. The first kappa shape index (κ1) is 14.9. The molecule has 2 fully saturated rings. The smallest absolute Gasteiger partial charge is 0.103 e. The van der Waals surface area contributed by atoms with Crippen LogP contribution in [0.3, 0.4) is 0 Å². The van der Waals surface area contributed by atoms with Gasteiger partial charge in [-0.25, -0.2) is 4.39 Å². The van der Waals surface area contributed by atoms with Crippen molar-refractivity contribution in [2.45, 2.75) is 45.2 Å². The van der Waals surface area contributed by atoms with Crippen molar-refractivity contribution >= 4 is 23.4 Å². The lowest BCUT2D eigenvalue weighted by Gasteiger charge is -2.25. The third kappa shape index (κ3) is 3.42. The van der Waals surface area contributed by atoms with E-state index in [9.17, 15) is 4.39 Å². The summed E-state index contributed by atoms with van der Waals surface area (Å²) in [6, 6.07) is 6.34. The van der Waals surface area contributed by atoms with Gasteiger partial charge in [-0.2, -0.15) is 0 Å². The zero-order valence-corrected chi connectivity index (χ0v) is 13.4. The molecule has 3 rings (SSSR count). The quantitative estimate of drug-likeness (QED) is 0.699. The molecule has 1 saturated heterocycles. The molecule has 114 valence electrons. The highest BCUT2D eigenvalue weighted by Crippen LogP contribution is 2.34. The minimum atomic E-state index is -0.643. The zero-order valence-electron chi connectivity index (χ0n) is 12.6. The maximum atomic E-state index is 13.5. The van der Waals surface area contributed by atoms with Crippen LogP contribution in [0.1, 0.15) is 44.6 Å². The molecule has 0 amide bonds. The fourth-order valence-electron chi connectivity index (χ4n) is 3.41. The van der Waals surface area contributed by atoms with Crippen molar-refractivity contribution in [2.75, 3.05) is 18.0 Å². The first-order valence-corrected chi connectivity index (χ1v) is 8.39. The second-order valence-corrected chi connectivity index (χ2v) is 6.85. The van der Waals surface area contributed by atoms with Crippen LogP contribution >= 0.6 is 11.6 Å². The SMILES string of the molecule is C[C@@H]1CC(=Cc2ccc(N3CCCC3)cc2Cl)CCC1F. The van der Waals surface area contributed by atoms with E-state index in [4.69, 9.17) is 11.6 Å². The molecule has 21 heavy (non-hydrogen) atoms. The lowest BCUT2D eigenvalue weighted by atomic mass is 9.84. The van der Waals surface area contributed by atoms with E-state index in [0.29, 0.717) is 6.42 Å². The molecule has 1 unspecified atom stereocenters. The van der Waals surface area contributed by atoms with Crippen molar-refractivity contribution in [3.8, 4) is 0 Å². The number of anilines is 1. The Morgan fingerprint density at radius 1 is 1.29 bits per heavy atom. The fraction of sp³-hybridized carbons (Fsp3) is 0.556. The van der Waals surface area contributed by atoms with Gasteiger partial charge in [0.15, 0.2) is 0 Å². The van der Waals surface area contributed by atoms with E-state index in [1.54, 1.807) is 0 Å². The number of alkyl halides is 1. The molecule has 1 aromatic carbocycles. The van der Waals surface area contributed by atoms with Crippen molar-refractivity contribution in [1.29, 1.82) is 0 Å². The molecule has 3 heteroatoms. The van der Waals surface area contributed by atoms with E-state index in [-0.39, 0.29) is 5.92 Å². The first-order valence-electron chi connectivity index (χ1n) is 8.01. The molecule has 1 aromatic rings. The highest BCUT2D eigenvalue weighted by Gasteiger charge is 2.23. The van der Waals surface area contributed by atoms with Gasteiger partial charge in [0.1, 0.15) is 6.17 Å². The number of allylic oxidation sites excluding steroid dienone is 1. The Hall–Kier alpha value is -1.02. The third-order valence-corrected chi connectivity index (χ3v) is 5.09. The van der Waals surface area contributed by atoms with Gasteiger partial charge in [0.2, 0.25) is 0 Å². The van der Waals surface area contributed by atoms with Gasteiger partial charge in [0.25, 0.3) is 0 Å². The number of rotatable bonds is 2. The lowest BCUT2D eigenvalue weighted by molar-refractivity contribution is 0.205. The average molecular weight is 308 g/mol. The fourth-order valence-corrected chi connectivity index (χ4v) is 3.64. The van der Waals surface area contributed by atoms with E-state index in [2.05, 4.69) is 29.2 Å². The Morgan fingerprint density at radius 3 is 2.71 bits per heavy atom. The summed E-state index contributed by atoms with van der Waals surface area (Å²) < 4.78 is 13.5. The zero-order chi connectivity index (χ0) is 14.8. The molecule has 0 N–H and O–H groups in total. The van der Waals surface area contributed by atoms with Crippen LogP contribution in [-0.4, -0.2) is 19.3 Å². The molecule has 2 atom stereocenters. The van der Waals surface area contributed by atoms with E-state index < -0.39 is 6.17 Å². The van der Waals surface area contributed by atoms with E-state index >= 15 is 0 Å². The molecule has 0 radical (unpaired) electrons. The molecule has 1 aliphatic carbocycles. The Labute approximate surface area is 131 Å². The van der Waals surface area contributed by atoms with Crippen molar-refractivity contribution < 1.29 is 4.39 Å². The Kier molecular flexibility index (Phi) is 4.54. The predicted molar refractivity (Wildman–Crippen MR) is 88.8 cm³/mol. The topological polar surface area (TPSA) is 3.24 Å². The van der Waals surface area contributed by atoms with Crippen molar-refractivity contribution in [2.24, 2.45) is 5.92 Å². The molecule has 0 aromatic heterocycles. The molecule has 2 aliphatic rings. The van der Waals surface area contributed by atoms with Gasteiger partial charge in [0, 0.05) is 23.8 Å². The summed E-state index contributed by atoms with van der Waals surface area (Å²) in [5.74, 6) is 0.132. The summed E-state index contributed by atoms with van der Waals surface area (Å²) in [6.45, 7) is 4.26. The third-order valence-electron chi connectivity index (χ3n) is 4.76. The van der Waals surface area contributed by atoms with E-state index in [1.807, 2.05) is 6.92 Å². The summed E-state index contributed by atoms with van der Waals surface area (Å²) in [6.07, 6.45) is 6.42. The van der Waals surface area contributed by atoms with Crippen LogP contribution < -0.4 is 4.90 Å². The summed E-state index contributed by atoms with van der Waals surface area (Å²) in [5, 5.41) is 0.807. The van der Waals surface area contributed by atoms with Gasteiger partial charge in [-0.1, -0.05) is 36.2 Å². The van der Waals surface area contributed by atoms with Gasteiger partial charge < -0.3 is 4.90 Å². The number of hydrogen-bond acceptors (Lipinski definition) is 1. The van der Waals surface area contributed by atoms with Gasteiger partial charge >= 0.3 is 0 Å². The summed E-state index contributed by atoms with van der Waals surface area (Å²) >= 11 is 6.45. The average Bonchev–Trinajstić information content (AvgIpc) is 2.99. The molecule has 1 heterocycles. The van der Waals surface area contributed by atoms with Gasteiger partial charge in [-0.15, -0.1) is 0 Å². The molecule has 0 bridgehead atoms. The van der Waals surface area contributed by atoms with E-state index in [1.165, 1.54) is 24.1 Å². The number of halogens is 2. The first-order chi connectivity index (χ1) is 10.1. The number of nitrogens with zero attached hydrogens (tertiary/aromatic N) is 1. The standard InChI is InChI=1S/C18H23ClFN/c1-13-10-14(4-7-18(13)20)11-15-5-6-16(12-17(15)19)21-8-2-3-9-21/h5-6,11-13,18H,2-4,7-10H2,1H3/t13-,18?/m1/s1. The monoisotopic (exact) mass is 307 g/mol. The second kappa shape index (κ2) is 6.39. The summed E-state index contributed by atoms with van der Waals surface area (Å²) in [7, 11) is 0. The minimum absolute atomic E-state index is 0.132. The molecular weight excluding hydrogens is 285 g/mol. The van der Waals surface area contributed by atoms with Gasteiger partial charge in [-0.05, 0) is 55.7 Å². The Morgan fingerprint density at radius 2 is 2.05 bits per heavy atom. The van der Waals surface area contributed by atoms with Crippen LogP contribution in [0.2, 0.25) is 5.02 Å². The number of hydrogen-bond donors (Lipinski definition) is 0. The van der Waals surface area contributed by atoms with Crippen LogP contribution in [-0.2, 0) is 0 Å². The second-order valence-electron chi connectivity index (χ2n) is 6.44. The minimum Gasteiger partial charge on any atom is -0.371 e.